The smallest absolute Gasteiger partial charge is 0.232 e. The molecule has 22 heteroatoms. The van der Waals surface area contributed by atoms with E-state index < -0.39 is 39.3 Å². The number of nitrogens with one attached hydrogen (secondary N) is 2. The van der Waals surface area contributed by atoms with Crippen LogP contribution < -0.4 is 10.6 Å². The third-order valence-corrected chi connectivity index (χ3v) is 14.7. The fraction of sp³-hybridized carbons (Fsp3) is 0.205. The van der Waals surface area contributed by atoms with E-state index in [4.69, 9.17) is 0 Å². The van der Waals surface area contributed by atoms with Crippen LogP contribution >= 0.6 is 0 Å². The molecular formula is C44H43N9O9S4. The summed E-state index contributed by atoms with van der Waals surface area (Å²) in [6.45, 7) is 3.63. The fourth-order valence-corrected chi connectivity index (χ4v) is 10.7. The normalized spacial score (nSPS) is 12.7. The molecule has 7 aromatic rings. The second-order valence-corrected chi connectivity index (χ2v) is 23.5. The molecule has 1 heterocycles. The van der Waals surface area contributed by atoms with Crippen LogP contribution in [0.15, 0.2) is 137 Å². The molecule has 6 aromatic carbocycles. The average Bonchev–Trinajstić information content (AvgIpc) is 3.22. The van der Waals surface area contributed by atoms with Crippen LogP contribution in [0.2, 0.25) is 0 Å². The molecule has 7 rings (SSSR count). The summed E-state index contributed by atoms with van der Waals surface area (Å²) in [6.07, 6.45) is 4.45. The van der Waals surface area contributed by atoms with E-state index in [0.717, 1.165) is 36.1 Å². The molecule has 18 nitrogen and oxygen atoms in total. The minimum absolute atomic E-state index is 0.0254. The average molecular weight is 970 g/mol. The van der Waals surface area contributed by atoms with Gasteiger partial charge in [0.1, 0.15) is 5.82 Å². The zero-order valence-corrected chi connectivity index (χ0v) is 39.6. The summed E-state index contributed by atoms with van der Waals surface area (Å²) in [5, 5.41) is 33.9. The number of sulfone groups is 4. The number of hydrogen-bond acceptors (Lipinski definition) is 18. The van der Waals surface area contributed by atoms with Crippen molar-refractivity contribution in [3.05, 3.63) is 120 Å². The third kappa shape index (κ3) is 10.9. The van der Waals surface area contributed by atoms with Crippen molar-refractivity contribution in [1.82, 2.24) is 15.0 Å². The number of aromatic nitrogens is 3. The largest absolute Gasteiger partial charge is 0.395 e. The molecule has 1 aromatic heterocycles. The Labute approximate surface area is 381 Å². The highest BCUT2D eigenvalue weighted by Crippen LogP contribution is 2.36. The standard InChI is InChI=1S/C44H43N9O9S4/c1-26-19-28(13-15-36(26)52-50-30-22-34-32(40(24-30)65(5,59)60)9-7-11-38(34)63(3,55)56)21-42-47-43(45-17-18-54)49-44(48-42)46-29-14-16-37(27(2)20-29)53-51-31-23-35-33(41(25-31)66(6,61)62)10-8-12-39(35)64(4,57)58/h7-16,19-20,22-25,54H,17-18,21H2,1-6H3,(H2,45,46,47,48,49). The van der Waals surface area contributed by atoms with Gasteiger partial charge in [-0.05, 0) is 91.2 Å². The van der Waals surface area contributed by atoms with Crippen LogP contribution in [0.3, 0.4) is 0 Å². The van der Waals surface area contributed by atoms with Crippen LogP contribution in [-0.2, 0) is 45.8 Å². The quantitative estimate of drug-likeness (QED) is 0.0823. The molecular weight excluding hydrogens is 927 g/mol. The first-order chi connectivity index (χ1) is 31.0. The topological polar surface area (TPSA) is 269 Å². The van der Waals surface area contributed by atoms with Crippen molar-refractivity contribution >= 4 is 101 Å². The number of aryl methyl sites for hydroxylation is 2. The lowest BCUT2D eigenvalue weighted by atomic mass is 10.1. The Balaban J connectivity index is 1.12. The molecule has 342 valence electrons. The number of fused-ring (bicyclic) bond motifs is 2. The molecule has 3 N–H and O–H groups in total. The Morgan fingerprint density at radius 1 is 0.515 bits per heavy atom. The van der Waals surface area contributed by atoms with Gasteiger partial charge in [0, 0.05) is 65.2 Å². The van der Waals surface area contributed by atoms with Crippen LogP contribution in [0.4, 0.5) is 40.3 Å². The van der Waals surface area contributed by atoms with Gasteiger partial charge in [-0.15, -0.1) is 0 Å². The summed E-state index contributed by atoms with van der Waals surface area (Å²) in [5.74, 6) is 0.801. The lowest BCUT2D eigenvalue weighted by Gasteiger charge is -2.12. The summed E-state index contributed by atoms with van der Waals surface area (Å²) in [5.41, 5.74) is 4.05. The summed E-state index contributed by atoms with van der Waals surface area (Å²) in [6, 6.07) is 25.2. The SMILES string of the molecule is Cc1cc(Cc2nc(NCCO)nc(Nc3ccc(N=Nc4cc(S(C)(=O)=O)c5cccc(S(C)(=O)=O)c5c4)c(C)c3)n2)ccc1N=Nc1cc(S(C)(=O)=O)c2cccc(S(C)(=O)=O)c2c1. The zero-order chi connectivity index (χ0) is 47.8. The van der Waals surface area contributed by atoms with Gasteiger partial charge in [0.25, 0.3) is 0 Å². The first-order valence-corrected chi connectivity index (χ1v) is 27.4. The number of anilines is 3. The summed E-state index contributed by atoms with van der Waals surface area (Å²) in [7, 11) is -14.9. The Hall–Kier alpha value is -6.59. The maximum atomic E-state index is 12.7. The minimum Gasteiger partial charge on any atom is -0.395 e. The van der Waals surface area contributed by atoms with E-state index in [-0.39, 0.29) is 84.0 Å². The molecule has 66 heavy (non-hydrogen) atoms. The van der Waals surface area contributed by atoms with E-state index in [2.05, 4.69) is 46.0 Å². The highest BCUT2D eigenvalue weighted by molar-refractivity contribution is 7.92. The molecule has 0 aliphatic rings. The number of rotatable bonds is 15. The van der Waals surface area contributed by atoms with E-state index in [0.29, 0.717) is 28.5 Å². The van der Waals surface area contributed by atoms with E-state index >= 15 is 0 Å². The van der Waals surface area contributed by atoms with E-state index in [1.165, 1.54) is 48.5 Å². The van der Waals surface area contributed by atoms with Gasteiger partial charge in [-0.25, -0.2) is 33.7 Å². The van der Waals surface area contributed by atoms with Gasteiger partial charge < -0.3 is 15.7 Å². The molecule has 0 amide bonds. The monoisotopic (exact) mass is 969 g/mol. The van der Waals surface area contributed by atoms with Gasteiger partial charge in [-0.3, -0.25) is 0 Å². The van der Waals surface area contributed by atoms with Gasteiger partial charge in [-0.1, -0.05) is 36.4 Å². The number of azo groups is 2. The highest BCUT2D eigenvalue weighted by atomic mass is 32.2. The predicted octanol–water partition coefficient (Wildman–Crippen LogP) is 7.98. The first kappa shape index (κ1) is 47.4. The Kier molecular flexibility index (Phi) is 13.2. The van der Waals surface area contributed by atoms with Gasteiger partial charge in [-0.2, -0.15) is 35.4 Å². The van der Waals surface area contributed by atoms with E-state index in [1.807, 2.05) is 19.1 Å². The predicted molar refractivity (Wildman–Crippen MR) is 253 cm³/mol. The van der Waals surface area contributed by atoms with Gasteiger partial charge >= 0.3 is 0 Å². The van der Waals surface area contributed by atoms with Crippen molar-refractivity contribution in [3.8, 4) is 0 Å². The zero-order valence-electron chi connectivity index (χ0n) is 36.3. The Morgan fingerprint density at radius 3 is 1.47 bits per heavy atom. The molecule has 0 unspecified atom stereocenters. The molecule has 0 fully saturated rings. The summed E-state index contributed by atoms with van der Waals surface area (Å²) >= 11 is 0. The van der Waals surface area contributed by atoms with Gasteiger partial charge in [0.2, 0.25) is 11.9 Å². The van der Waals surface area contributed by atoms with Crippen molar-refractivity contribution in [2.45, 2.75) is 39.9 Å². The van der Waals surface area contributed by atoms with Crippen molar-refractivity contribution in [1.29, 1.82) is 0 Å². The first-order valence-electron chi connectivity index (χ1n) is 19.8. The summed E-state index contributed by atoms with van der Waals surface area (Å²) in [4.78, 5) is 13.4. The van der Waals surface area contributed by atoms with Crippen LogP contribution in [0.25, 0.3) is 21.5 Å². The second-order valence-electron chi connectivity index (χ2n) is 15.6. The summed E-state index contributed by atoms with van der Waals surface area (Å²) < 4.78 is 101. The maximum Gasteiger partial charge on any atom is 0.232 e. The van der Waals surface area contributed by atoms with Gasteiger partial charge in [0.15, 0.2) is 39.3 Å². The molecule has 0 saturated carbocycles. The van der Waals surface area contributed by atoms with Crippen LogP contribution in [-0.4, -0.2) is 91.9 Å². The number of nitrogens with zero attached hydrogens (tertiary/aromatic N) is 7. The number of hydrogen-bond donors (Lipinski definition) is 3. The molecule has 0 radical (unpaired) electrons. The van der Waals surface area contributed by atoms with Crippen LogP contribution in [0, 0.1) is 13.8 Å². The van der Waals surface area contributed by atoms with Crippen LogP contribution in [0.5, 0.6) is 0 Å². The molecule has 0 saturated heterocycles. The lowest BCUT2D eigenvalue weighted by Crippen LogP contribution is -2.13. The van der Waals surface area contributed by atoms with Crippen molar-refractivity contribution < 1.29 is 38.8 Å². The maximum absolute atomic E-state index is 12.7. The fourth-order valence-electron chi connectivity index (χ4n) is 7.12. The second kappa shape index (κ2) is 18.4. The van der Waals surface area contributed by atoms with E-state index in [9.17, 15) is 38.8 Å². The lowest BCUT2D eigenvalue weighted by molar-refractivity contribution is 0.310. The van der Waals surface area contributed by atoms with Crippen molar-refractivity contribution in [3.63, 3.8) is 0 Å². The number of benzene rings is 6. The molecule has 0 aliphatic heterocycles. The molecule has 0 bridgehead atoms. The molecule has 0 aliphatic carbocycles. The minimum atomic E-state index is -3.77. The van der Waals surface area contributed by atoms with Crippen LogP contribution in [0.1, 0.15) is 22.5 Å². The third-order valence-electron chi connectivity index (χ3n) is 10.1. The van der Waals surface area contributed by atoms with E-state index in [1.54, 1.807) is 43.3 Å². The highest BCUT2D eigenvalue weighted by Gasteiger charge is 2.21. The van der Waals surface area contributed by atoms with Crippen molar-refractivity contribution in [2.24, 2.45) is 20.5 Å². The Bertz CT molecular complexity index is 3390. The van der Waals surface area contributed by atoms with Crippen molar-refractivity contribution in [2.75, 3.05) is 48.8 Å². The molecule has 0 spiro atoms. The number of aliphatic hydroxyl groups excluding tert-OH is 1. The Morgan fingerprint density at radius 2 is 1.00 bits per heavy atom. The molecule has 0 atom stereocenters. The number of aliphatic hydroxyl groups is 1. The van der Waals surface area contributed by atoms with Gasteiger partial charge in [0.05, 0.1) is 48.9 Å².